The van der Waals surface area contributed by atoms with Gasteiger partial charge in [-0.1, -0.05) is 44.7 Å². The SMILES string of the molecule is C=C/C=C\C(=C/CC(C)C)c1cnc2c(c1)CNC2=O. The second kappa shape index (κ2) is 6.33. The van der Waals surface area contributed by atoms with Crippen molar-refractivity contribution in [3.8, 4) is 0 Å². The molecule has 1 aromatic heterocycles. The van der Waals surface area contributed by atoms with Gasteiger partial charge in [0.25, 0.3) is 5.91 Å². The molecule has 0 radical (unpaired) electrons. The van der Waals surface area contributed by atoms with Gasteiger partial charge < -0.3 is 5.32 Å². The number of amides is 1. The van der Waals surface area contributed by atoms with E-state index in [4.69, 9.17) is 0 Å². The van der Waals surface area contributed by atoms with Crippen molar-refractivity contribution < 1.29 is 4.79 Å². The van der Waals surface area contributed by atoms with E-state index in [-0.39, 0.29) is 5.91 Å². The Morgan fingerprint density at radius 3 is 3.05 bits per heavy atom. The molecule has 0 saturated heterocycles. The third-order valence-electron chi connectivity index (χ3n) is 3.18. The van der Waals surface area contributed by atoms with Gasteiger partial charge in [0.05, 0.1) is 0 Å². The van der Waals surface area contributed by atoms with Gasteiger partial charge in [0, 0.05) is 23.9 Å². The monoisotopic (exact) mass is 268 g/mol. The lowest BCUT2D eigenvalue weighted by Crippen LogP contribution is -2.13. The van der Waals surface area contributed by atoms with Crippen LogP contribution in [0.3, 0.4) is 0 Å². The van der Waals surface area contributed by atoms with Crippen LogP contribution in [0.25, 0.3) is 5.57 Å². The highest BCUT2D eigenvalue weighted by Crippen LogP contribution is 2.22. The van der Waals surface area contributed by atoms with Crippen LogP contribution >= 0.6 is 0 Å². The number of nitrogens with zero attached hydrogens (tertiary/aromatic N) is 1. The van der Waals surface area contributed by atoms with Gasteiger partial charge in [-0.05, 0) is 24.0 Å². The first kappa shape index (κ1) is 14.3. The number of allylic oxidation sites excluding steroid dienone is 5. The van der Waals surface area contributed by atoms with Crippen molar-refractivity contribution in [2.75, 3.05) is 0 Å². The average molecular weight is 268 g/mol. The number of aromatic nitrogens is 1. The lowest BCUT2D eigenvalue weighted by molar-refractivity contribution is 0.0961. The molecule has 3 nitrogen and oxygen atoms in total. The predicted octanol–water partition coefficient (Wildman–Crippen LogP) is 3.50. The van der Waals surface area contributed by atoms with Crippen molar-refractivity contribution in [3.05, 3.63) is 60.0 Å². The second-order valence-corrected chi connectivity index (χ2v) is 5.30. The van der Waals surface area contributed by atoms with Crippen LogP contribution < -0.4 is 5.32 Å². The Hall–Kier alpha value is -2.16. The summed E-state index contributed by atoms with van der Waals surface area (Å²) in [6.07, 6.45) is 10.7. The lowest BCUT2D eigenvalue weighted by Gasteiger charge is -2.06. The third-order valence-corrected chi connectivity index (χ3v) is 3.18. The van der Waals surface area contributed by atoms with Gasteiger partial charge in [0.1, 0.15) is 5.69 Å². The first-order valence-electron chi connectivity index (χ1n) is 6.88. The molecule has 0 unspecified atom stereocenters. The quantitative estimate of drug-likeness (QED) is 0.830. The van der Waals surface area contributed by atoms with Crippen molar-refractivity contribution in [2.24, 2.45) is 5.92 Å². The minimum Gasteiger partial charge on any atom is -0.347 e. The van der Waals surface area contributed by atoms with Crippen LogP contribution in [-0.2, 0) is 6.54 Å². The number of fused-ring (bicyclic) bond motifs is 1. The number of hydrogen-bond acceptors (Lipinski definition) is 2. The second-order valence-electron chi connectivity index (χ2n) is 5.30. The number of pyridine rings is 1. The Bertz CT molecular complexity index is 583. The Balaban J connectivity index is 2.34. The molecule has 20 heavy (non-hydrogen) atoms. The van der Waals surface area contributed by atoms with E-state index in [1.165, 1.54) is 0 Å². The maximum Gasteiger partial charge on any atom is 0.270 e. The number of hydrogen-bond donors (Lipinski definition) is 1. The molecule has 0 atom stereocenters. The molecule has 0 fully saturated rings. The van der Waals surface area contributed by atoms with E-state index in [0.29, 0.717) is 18.2 Å². The summed E-state index contributed by atoms with van der Waals surface area (Å²) in [5, 5.41) is 2.79. The molecule has 1 N–H and O–H groups in total. The number of carbonyl (C=O) groups is 1. The minimum absolute atomic E-state index is 0.0825. The van der Waals surface area contributed by atoms with Crippen molar-refractivity contribution >= 4 is 11.5 Å². The van der Waals surface area contributed by atoms with E-state index < -0.39 is 0 Å². The van der Waals surface area contributed by atoms with Crippen LogP contribution in [0.15, 0.2) is 43.1 Å². The fraction of sp³-hybridized carbons (Fsp3) is 0.294. The maximum absolute atomic E-state index is 11.5. The molecule has 2 heterocycles. The van der Waals surface area contributed by atoms with Crippen molar-refractivity contribution in [2.45, 2.75) is 26.8 Å². The molecule has 0 aliphatic carbocycles. The normalized spacial score (nSPS) is 14.8. The highest BCUT2D eigenvalue weighted by Gasteiger charge is 2.20. The van der Waals surface area contributed by atoms with Gasteiger partial charge >= 0.3 is 0 Å². The lowest BCUT2D eigenvalue weighted by atomic mass is 10.0. The smallest absolute Gasteiger partial charge is 0.270 e. The summed E-state index contributed by atoms with van der Waals surface area (Å²) in [4.78, 5) is 15.8. The molecule has 1 aliphatic heterocycles. The third kappa shape index (κ3) is 3.23. The first-order chi connectivity index (χ1) is 9.61. The van der Waals surface area contributed by atoms with E-state index in [1.807, 2.05) is 18.2 Å². The standard InChI is InChI=1S/C17H20N2O/c1-4-5-6-13(8-7-12(2)3)14-9-15-11-19-17(20)16(15)18-10-14/h4-6,8-10,12H,1,7,11H2,2-3H3,(H,19,20)/b6-5-,13-8+. The van der Waals surface area contributed by atoms with Gasteiger partial charge in [-0.3, -0.25) is 9.78 Å². The molecule has 2 rings (SSSR count). The van der Waals surface area contributed by atoms with Crippen LogP contribution in [-0.4, -0.2) is 10.9 Å². The molecule has 104 valence electrons. The fourth-order valence-corrected chi connectivity index (χ4v) is 2.08. The largest absolute Gasteiger partial charge is 0.347 e. The van der Waals surface area contributed by atoms with Crippen LogP contribution in [0.5, 0.6) is 0 Å². The van der Waals surface area contributed by atoms with Crippen LogP contribution in [0, 0.1) is 5.92 Å². The van der Waals surface area contributed by atoms with E-state index in [9.17, 15) is 4.79 Å². The van der Waals surface area contributed by atoms with E-state index in [1.54, 1.807) is 12.3 Å². The summed E-state index contributed by atoms with van der Waals surface area (Å²) < 4.78 is 0. The van der Waals surface area contributed by atoms with Crippen LogP contribution in [0.4, 0.5) is 0 Å². The van der Waals surface area contributed by atoms with E-state index in [0.717, 1.165) is 23.1 Å². The fourth-order valence-electron chi connectivity index (χ4n) is 2.08. The topological polar surface area (TPSA) is 42.0 Å². The summed E-state index contributed by atoms with van der Waals surface area (Å²) in [7, 11) is 0. The van der Waals surface area contributed by atoms with Crippen LogP contribution in [0.1, 0.15) is 41.9 Å². The van der Waals surface area contributed by atoms with Crippen LogP contribution in [0.2, 0.25) is 0 Å². The molecule has 0 spiro atoms. The number of carbonyl (C=O) groups excluding carboxylic acids is 1. The van der Waals surface area contributed by atoms with E-state index >= 15 is 0 Å². The highest BCUT2D eigenvalue weighted by molar-refractivity contribution is 5.96. The van der Waals surface area contributed by atoms with E-state index in [2.05, 4.69) is 36.8 Å². The molecule has 0 bridgehead atoms. The Morgan fingerprint density at radius 2 is 2.35 bits per heavy atom. The summed E-state index contributed by atoms with van der Waals surface area (Å²) in [6, 6.07) is 2.04. The van der Waals surface area contributed by atoms with Crippen molar-refractivity contribution in [3.63, 3.8) is 0 Å². The maximum atomic E-state index is 11.5. The molecule has 1 aliphatic rings. The molecular weight excluding hydrogens is 248 g/mol. The Morgan fingerprint density at radius 1 is 1.55 bits per heavy atom. The zero-order chi connectivity index (χ0) is 14.5. The Kier molecular flexibility index (Phi) is 4.51. The van der Waals surface area contributed by atoms with Gasteiger partial charge in [-0.2, -0.15) is 0 Å². The molecule has 0 saturated carbocycles. The molecule has 0 aromatic carbocycles. The summed E-state index contributed by atoms with van der Waals surface area (Å²) >= 11 is 0. The zero-order valence-corrected chi connectivity index (χ0v) is 12.0. The molecule has 3 heteroatoms. The summed E-state index contributed by atoms with van der Waals surface area (Å²) in [6.45, 7) is 8.65. The van der Waals surface area contributed by atoms with Crippen molar-refractivity contribution in [1.82, 2.24) is 10.3 Å². The van der Waals surface area contributed by atoms with Crippen molar-refractivity contribution in [1.29, 1.82) is 0 Å². The molecular formula is C17H20N2O. The number of nitrogens with one attached hydrogen (secondary N) is 1. The van der Waals surface area contributed by atoms with Gasteiger partial charge in [-0.25, -0.2) is 0 Å². The highest BCUT2D eigenvalue weighted by atomic mass is 16.2. The average Bonchev–Trinajstić information content (AvgIpc) is 2.80. The summed E-state index contributed by atoms with van der Waals surface area (Å²) in [5.41, 5.74) is 3.67. The number of rotatable bonds is 5. The van der Waals surface area contributed by atoms with Gasteiger partial charge in [0.15, 0.2) is 0 Å². The first-order valence-corrected chi connectivity index (χ1v) is 6.88. The Labute approximate surface area is 120 Å². The molecule has 1 aromatic rings. The molecule has 1 amide bonds. The predicted molar refractivity (Wildman–Crippen MR) is 82.2 cm³/mol. The minimum atomic E-state index is -0.0825. The van der Waals surface area contributed by atoms with Gasteiger partial charge in [0.2, 0.25) is 0 Å². The zero-order valence-electron chi connectivity index (χ0n) is 12.0. The van der Waals surface area contributed by atoms with Gasteiger partial charge in [-0.15, -0.1) is 0 Å². The summed E-state index contributed by atoms with van der Waals surface area (Å²) in [5.74, 6) is 0.522.